The molecule has 0 unspecified atom stereocenters. The number of rotatable bonds is 11. The van der Waals surface area contributed by atoms with Crippen molar-refractivity contribution < 1.29 is 32.6 Å². The van der Waals surface area contributed by atoms with Gasteiger partial charge >= 0.3 is 18.1 Å². The molecule has 0 saturated heterocycles. The molecule has 0 aromatic heterocycles. The summed E-state index contributed by atoms with van der Waals surface area (Å²) in [6.45, 7) is 1.13. The number of nitrogens with zero attached hydrogens (tertiary/aromatic N) is 1. The van der Waals surface area contributed by atoms with Gasteiger partial charge in [-0.15, -0.1) is 0 Å². The van der Waals surface area contributed by atoms with E-state index in [-0.39, 0.29) is 12.1 Å². The van der Waals surface area contributed by atoms with E-state index in [0.29, 0.717) is 36.5 Å². The van der Waals surface area contributed by atoms with E-state index < -0.39 is 18.1 Å². The SMILES string of the molecule is CN(C(=O)C(F)(F)F)c1ccc(C#CCCOCCCCCCCC(=O)O)cc1. The third-order valence-electron chi connectivity index (χ3n) is 4.09. The summed E-state index contributed by atoms with van der Waals surface area (Å²) in [6.07, 6.45) is 0.393. The Morgan fingerprint density at radius 3 is 2.28 bits per heavy atom. The van der Waals surface area contributed by atoms with Gasteiger partial charge in [0.05, 0.1) is 6.61 Å². The second-order valence-electron chi connectivity index (χ2n) is 6.48. The van der Waals surface area contributed by atoms with Crippen LogP contribution in [0.5, 0.6) is 0 Å². The van der Waals surface area contributed by atoms with E-state index in [0.717, 1.165) is 32.7 Å². The second-order valence-corrected chi connectivity index (χ2v) is 6.48. The number of hydrogen-bond acceptors (Lipinski definition) is 3. The smallest absolute Gasteiger partial charge is 0.471 e. The molecule has 0 bridgehead atoms. The lowest BCUT2D eigenvalue weighted by atomic mass is 10.1. The van der Waals surface area contributed by atoms with Crippen LogP contribution in [0.3, 0.4) is 0 Å². The number of hydrogen-bond donors (Lipinski definition) is 1. The third-order valence-corrected chi connectivity index (χ3v) is 4.09. The summed E-state index contributed by atoms with van der Waals surface area (Å²) in [5.74, 6) is 3.16. The first kappa shape index (κ1) is 24.5. The van der Waals surface area contributed by atoms with Gasteiger partial charge in [-0.25, -0.2) is 0 Å². The molecule has 0 fully saturated rings. The molecule has 8 heteroatoms. The number of anilines is 1. The monoisotopic (exact) mass is 413 g/mol. The first-order chi connectivity index (χ1) is 13.7. The Bertz CT molecular complexity index is 705. The number of carbonyl (C=O) groups excluding carboxylic acids is 1. The lowest BCUT2D eigenvalue weighted by molar-refractivity contribution is -0.170. The Balaban J connectivity index is 2.20. The van der Waals surface area contributed by atoms with Gasteiger partial charge in [0.15, 0.2) is 0 Å². The Morgan fingerprint density at radius 1 is 1.03 bits per heavy atom. The fourth-order valence-electron chi connectivity index (χ4n) is 2.48. The Hall–Kier alpha value is -2.53. The van der Waals surface area contributed by atoms with Gasteiger partial charge in [0.2, 0.25) is 0 Å². The van der Waals surface area contributed by atoms with Crippen molar-refractivity contribution >= 4 is 17.6 Å². The van der Waals surface area contributed by atoms with Gasteiger partial charge in [0.1, 0.15) is 0 Å². The molecule has 5 nitrogen and oxygen atoms in total. The van der Waals surface area contributed by atoms with Crippen molar-refractivity contribution in [3.05, 3.63) is 29.8 Å². The average molecular weight is 413 g/mol. The fourth-order valence-corrected chi connectivity index (χ4v) is 2.48. The maximum absolute atomic E-state index is 12.4. The van der Waals surface area contributed by atoms with E-state index in [4.69, 9.17) is 9.84 Å². The summed E-state index contributed by atoms with van der Waals surface area (Å²) in [4.78, 5) is 22.1. The van der Waals surface area contributed by atoms with Crippen molar-refractivity contribution in [3.63, 3.8) is 0 Å². The van der Waals surface area contributed by atoms with Crippen LogP contribution in [0, 0.1) is 11.8 Å². The van der Waals surface area contributed by atoms with Gasteiger partial charge in [-0.1, -0.05) is 31.1 Å². The van der Waals surface area contributed by atoms with Crippen LogP contribution in [-0.2, 0) is 14.3 Å². The molecule has 29 heavy (non-hydrogen) atoms. The minimum absolute atomic E-state index is 0.143. The summed E-state index contributed by atoms with van der Waals surface area (Å²) < 4.78 is 42.8. The topological polar surface area (TPSA) is 66.8 Å². The first-order valence-electron chi connectivity index (χ1n) is 9.45. The molecule has 0 radical (unpaired) electrons. The Kier molecular flexibility index (Phi) is 10.8. The van der Waals surface area contributed by atoms with Gasteiger partial charge in [0, 0.05) is 37.7 Å². The Morgan fingerprint density at radius 2 is 1.66 bits per heavy atom. The standard InChI is InChI=1S/C21H26F3NO4/c1-25(20(28)21(22,23)24)18-13-11-17(12-14-18)9-6-8-16-29-15-7-4-2-3-5-10-19(26)27/h11-14H,2-5,7-8,10,15-16H2,1H3,(H,26,27). The van der Waals surface area contributed by atoms with Crippen LogP contribution in [0.15, 0.2) is 24.3 Å². The van der Waals surface area contributed by atoms with Gasteiger partial charge in [0.25, 0.3) is 0 Å². The van der Waals surface area contributed by atoms with Crippen molar-refractivity contribution in [2.24, 2.45) is 0 Å². The molecule has 0 saturated carbocycles. The van der Waals surface area contributed by atoms with E-state index in [1.165, 1.54) is 12.1 Å². The van der Waals surface area contributed by atoms with Crippen molar-refractivity contribution in [2.45, 2.75) is 51.1 Å². The number of amides is 1. The second kappa shape index (κ2) is 12.8. The zero-order valence-corrected chi connectivity index (χ0v) is 16.4. The maximum atomic E-state index is 12.4. The van der Waals surface area contributed by atoms with Crippen LogP contribution in [0.25, 0.3) is 0 Å². The molecular formula is C21H26F3NO4. The molecule has 0 atom stereocenters. The van der Waals surface area contributed by atoms with Crippen molar-refractivity contribution in [1.82, 2.24) is 0 Å². The minimum Gasteiger partial charge on any atom is -0.481 e. The zero-order chi connectivity index (χ0) is 21.7. The van der Waals surface area contributed by atoms with Crippen LogP contribution >= 0.6 is 0 Å². The normalized spacial score (nSPS) is 10.9. The average Bonchev–Trinajstić information content (AvgIpc) is 2.67. The van der Waals surface area contributed by atoms with E-state index in [9.17, 15) is 22.8 Å². The number of carboxylic acid groups (broad SMARTS) is 1. The fraction of sp³-hybridized carbons (Fsp3) is 0.524. The molecule has 0 heterocycles. The number of carbonyl (C=O) groups is 2. The molecule has 160 valence electrons. The number of aliphatic carboxylic acids is 1. The summed E-state index contributed by atoms with van der Waals surface area (Å²) in [5.41, 5.74) is 0.784. The van der Waals surface area contributed by atoms with Gasteiger partial charge < -0.3 is 14.7 Å². The predicted octanol–water partition coefficient (Wildman–Crippen LogP) is 4.40. The molecule has 0 aliphatic rings. The summed E-state index contributed by atoms with van der Waals surface area (Å²) >= 11 is 0. The molecule has 1 amide bonds. The third kappa shape index (κ3) is 10.5. The minimum atomic E-state index is -4.91. The summed E-state index contributed by atoms with van der Waals surface area (Å²) in [7, 11) is 1.07. The van der Waals surface area contributed by atoms with Crippen LogP contribution in [-0.4, -0.2) is 43.4 Å². The number of carboxylic acids is 1. The van der Waals surface area contributed by atoms with Crippen molar-refractivity contribution in [3.8, 4) is 11.8 Å². The predicted molar refractivity (Wildman–Crippen MR) is 104 cm³/mol. The number of benzene rings is 1. The molecule has 0 spiro atoms. The lowest BCUT2D eigenvalue weighted by Gasteiger charge is -2.18. The highest BCUT2D eigenvalue weighted by molar-refractivity contribution is 5.96. The van der Waals surface area contributed by atoms with E-state index in [1.807, 2.05) is 0 Å². The van der Waals surface area contributed by atoms with E-state index in [2.05, 4.69) is 11.8 Å². The molecule has 1 aromatic rings. The number of alkyl halides is 3. The summed E-state index contributed by atoms with van der Waals surface area (Å²) in [6, 6.07) is 5.96. The number of ether oxygens (including phenoxy) is 1. The number of unbranched alkanes of at least 4 members (excludes halogenated alkanes) is 4. The quantitative estimate of drug-likeness (QED) is 0.432. The van der Waals surface area contributed by atoms with Crippen LogP contribution in [0.4, 0.5) is 18.9 Å². The van der Waals surface area contributed by atoms with Crippen molar-refractivity contribution in [2.75, 3.05) is 25.2 Å². The van der Waals surface area contributed by atoms with E-state index >= 15 is 0 Å². The highest BCUT2D eigenvalue weighted by atomic mass is 19.4. The number of halogens is 3. The molecule has 0 aliphatic heterocycles. The molecular weight excluding hydrogens is 387 g/mol. The van der Waals surface area contributed by atoms with Crippen LogP contribution in [0.2, 0.25) is 0 Å². The van der Waals surface area contributed by atoms with Gasteiger partial charge in [-0.2, -0.15) is 13.2 Å². The molecule has 1 aromatic carbocycles. The molecule has 1 N–H and O–H groups in total. The van der Waals surface area contributed by atoms with Gasteiger partial charge in [-0.05, 0) is 37.1 Å². The molecule has 0 aliphatic carbocycles. The Labute approximate surface area is 168 Å². The van der Waals surface area contributed by atoms with Crippen LogP contribution in [0.1, 0.15) is 50.5 Å². The van der Waals surface area contributed by atoms with Crippen LogP contribution < -0.4 is 4.90 Å². The highest BCUT2D eigenvalue weighted by Crippen LogP contribution is 2.22. The molecule has 1 rings (SSSR count). The van der Waals surface area contributed by atoms with Gasteiger partial charge in [-0.3, -0.25) is 9.59 Å². The zero-order valence-electron chi connectivity index (χ0n) is 16.4. The van der Waals surface area contributed by atoms with E-state index in [1.54, 1.807) is 12.1 Å². The maximum Gasteiger partial charge on any atom is 0.471 e. The first-order valence-corrected chi connectivity index (χ1v) is 9.45. The van der Waals surface area contributed by atoms with Crippen molar-refractivity contribution in [1.29, 1.82) is 0 Å². The lowest BCUT2D eigenvalue weighted by Crippen LogP contribution is -2.38. The highest BCUT2D eigenvalue weighted by Gasteiger charge is 2.41. The largest absolute Gasteiger partial charge is 0.481 e. The summed E-state index contributed by atoms with van der Waals surface area (Å²) in [5, 5.41) is 8.53.